The number of thiophene rings is 1. The Morgan fingerprint density at radius 1 is 1.11 bits per heavy atom. The number of aryl methyl sites for hydroxylation is 2. The van der Waals surface area contributed by atoms with E-state index in [1.807, 2.05) is 19.1 Å². The van der Waals surface area contributed by atoms with Gasteiger partial charge in [-0.05, 0) is 50.6 Å². The first-order valence-electron chi connectivity index (χ1n) is 10.9. The number of anilines is 1. The Morgan fingerprint density at radius 2 is 1.83 bits per heavy atom. The molecule has 0 spiro atoms. The van der Waals surface area contributed by atoms with Gasteiger partial charge in [-0.2, -0.15) is 0 Å². The lowest BCUT2D eigenvalue weighted by Crippen LogP contribution is -2.16. The Morgan fingerprint density at radius 3 is 2.47 bits per heavy atom. The lowest BCUT2D eigenvalue weighted by molar-refractivity contribution is 0.0529. The Hall–Kier alpha value is -3.69. The van der Waals surface area contributed by atoms with E-state index >= 15 is 0 Å². The molecule has 2 aromatic carbocycles. The van der Waals surface area contributed by atoms with Crippen LogP contribution in [0.5, 0.6) is 5.75 Å². The number of carbonyl (C=O) groups is 2. The third-order valence-corrected chi connectivity index (χ3v) is 6.79. The molecule has 1 amide bonds. The molecule has 0 saturated heterocycles. The summed E-state index contributed by atoms with van der Waals surface area (Å²) in [6, 6.07) is 11.4. The smallest absolute Gasteiger partial charge is 0.341 e. The normalized spacial score (nSPS) is 10.8. The highest BCUT2D eigenvalue weighted by atomic mass is 35.5. The zero-order valence-corrected chi connectivity index (χ0v) is 21.5. The van der Waals surface area contributed by atoms with Crippen molar-refractivity contribution in [1.82, 2.24) is 5.16 Å². The summed E-state index contributed by atoms with van der Waals surface area (Å²) in [7, 11) is 1.57. The zero-order chi connectivity index (χ0) is 26.0. The molecule has 4 rings (SSSR count). The Bertz CT molecular complexity index is 1430. The van der Waals surface area contributed by atoms with Crippen LogP contribution >= 0.6 is 22.9 Å². The van der Waals surface area contributed by atoms with Crippen LogP contribution in [-0.2, 0) is 4.74 Å². The van der Waals surface area contributed by atoms with E-state index in [9.17, 15) is 14.0 Å². The molecule has 0 saturated carbocycles. The van der Waals surface area contributed by atoms with Crippen LogP contribution in [0.2, 0.25) is 5.02 Å². The van der Waals surface area contributed by atoms with Crippen molar-refractivity contribution in [2.24, 2.45) is 0 Å². The monoisotopic (exact) mass is 528 g/mol. The summed E-state index contributed by atoms with van der Waals surface area (Å²) in [5.74, 6) is -1.02. The second kappa shape index (κ2) is 10.5. The molecule has 7 nitrogen and oxygen atoms in total. The van der Waals surface area contributed by atoms with Crippen LogP contribution in [-0.4, -0.2) is 30.7 Å². The van der Waals surface area contributed by atoms with Gasteiger partial charge in [0.25, 0.3) is 5.91 Å². The van der Waals surface area contributed by atoms with Gasteiger partial charge in [0, 0.05) is 10.4 Å². The second-order valence-electron chi connectivity index (χ2n) is 7.70. The molecule has 36 heavy (non-hydrogen) atoms. The summed E-state index contributed by atoms with van der Waals surface area (Å²) in [5.41, 5.74) is 1.54. The Balaban J connectivity index is 1.79. The van der Waals surface area contributed by atoms with E-state index in [-0.39, 0.29) is 44.8 Å². The first-order chi connectivity index (χ1) is 17.3. The molecule has 0 aliphatic heterocycles. The maximum atomic E-state index is 14.6. The van der Waals surface area contributed by atoms with E-state index < -0.39 is 17.7 Å². The maximum absolute atomic E-state index is 14.6. The highest BCUT2D eigenvalue weighted by Crippen LogP contribution is 2.42. The van der Waals surface area contributed by atoms with Gasteiger partial charge in [-0.3, -0.25) is 4.79 Å². The van der Waals surface area contributed by atoms with E-state index in [1.54, 1.807) is 26.2 Å². The number of nitrogens with one attached hydrogen (secondary N) is 1. The largest absolute Gasteiger partial charge is 0.497 e. The van der Waals surface area contributed by atoms with E-state index in [4.69, 9.17) is 25.6 Å². The molecular weight excluding hydrogens is 507 g/mol. The lowest BCUT2D eigenvalue weighted by atomic mass is 10.0. The number of benzene rings is 2. The van der Waals surface area contributed by atoms with Gasteiger partial charge in [0.1, 0.15) is 39.1 Å². The van der Waals surface area contributed by atoms with Crippen LogP contribution in [0.15, 0.2) is 47.0 Å². The van der Waals surface area contributed by atoms with Crippen molar-refractivity contribution < 1.29 is 28.0 Å². The number of methoxy groups -OCH3 is 1. The zero-order valence-electron chi connectivity index (χ0n) is 19.9. The average molecular weight is 529 g/mol. The minimum Gasteiger partial charge on any atom is -0.497 e. The molecule has 10 heteroatoms. The second-order valence-corrected chi connectivity index (χ2v) is 9.33. The molecule has 186 valence electrons. The Kier molecular flexibility index (Phi) is 7.42. The minimum absolute atomic E-state index is 0.00820. The van der Waals surface area contributed by atoms with E-state index in [0.29, 0.717) is 11.3 Å². The molecule has 0 bridgehead atoms. The highest BCUT2D eigenvalue weighted by molar-refractivity contribution is 7.17. The molecular formula is C26H22ClFN2O5S. The Labute approximate surface area is 215 Å². The fraction of sp³-hybridized carbons (Fsp3) is 0.192. The van der Waals surface area contributed by atoms with Gasteiger partial charge in [-0.15, -0.1) is 11.3 Å². The first-order valence-corrected chi connectivity index (χ1v) is 12.1. The van der Waals surface area contributed by atoms with Gasteiger partial charge >= 0.3 is 5.97 Å². The van der Waals surface area contributed by atoms with Gasteiger partial charge in [0.05, 0.1) is 24.3 Å². The van der Waals surface area contributed by atoms with E-state index in [0.717, 1.165) is 10.4 Å². The number of nitrogens with zero attached hydrogens (tertiary/aromatic N) is 1. The van der Waals surface area contributed by atoms with Crippen molar-refractivity contribution in [1.29, 1.82) is 0 Å². The summed E-state index contributed by atoms with van der Waals surface area (Å²) in [6.45, 7) is 5.24. The molecule has 0 fully saturated rings. The van der Waals surface area contributed by atoms with Crippen LogP contribution in [0.3, 0.4) is 0 Å². The van der Waals surface area contributed by atoms with Crippen molar-refractivity contribution in [3.8, 4) is 28.1 Å². The molecule has 0 atom stereocenters. The van der Waals surface area contributed by atoms with Crippen molar-refractivity contribution in [2.75, 3.05) is 19.0 Å². The number of aromatic nitrogens is 1. The standard InChI is InChI=1S/C26H22ClFN2O5S/c1-5-34-26(32)22-20(15-9-11-16(33-4)12-10-15)14(3)36-25(22)29-24(31)19-13(2)35-30-23(19)21-17(27)7-6-8-18(21)28/h6-12H,5H2,1-4H3,(H,29,31). The number of ether oxygens (including phenoxy) is 2. The molecule has 0 radical (unpaired) electrons. The van der Waals surface area contributed by atoms with Gasteiger partial charge in [0.15, 0.2) is 0 Å². The van der Waals surface area contributed by atoms with Crippen molar-refractivity contribution in [2.45, 2.75) is 20.8 Å². The number of esters is 1. The van der Waals surface area contributed by atoms with Crippen molar-refractivity contribution >= 4 is 39.8 Å². The molecule has 0 aliphatic carbocycles. The fourth-order valence-electron chi connectivity index (χ4n) is 3.84. The van der Waals surface area contributed by atoms with Crippen molar-refractivity contribution in [3.63, 3.8) is 0 Å². The number of hydrogen-bond acceptors (Lipinski definition) is 7. The molecule has 2 heterocycles. The van der Waals surface area contributed by atoms with Crippen LogP contribution in [0.1, 0.15) is 38.3 Å². The highest BCUT2D eigenvalue weighted by Gasteiger charge is 2.29. The summed E-state index contributed by atoms with van der Waals surface area (Å²) in [4.78, 5) is 27.3. The molecule has 2 aromatic heterocycles. The fourth-order valence-corrected chi connectivity index (χ4v) is 5.15. The van der Waals surface area contributed by atoms with Gasteiger partial charge in [0.2, 0.25) is 0 Å². The summed E-state index contributed by atoms with van der Waals surface area (Å²) < 4.78 is 30.4. The predicted octanol–water partition coefficient (Wildman–Crippen LogP) is 6.92. The third kappa shape index (κ3) is 4.72. The van der Waals surface area contributed by atoms with Gasteiger partial charge in [-0.1, -0.05) is 35.0 Å². The number of hydrogen-bond donors (Lipinski definition) is 1. The number of rotatable bonds is 7. The SMILES string of the molecule is CCOC(=O)c1c(NC(=O)c2c(-c3c(F)cccc3Cl)noc2C)sc(C)c1-c1ccc(OC)cc1. The van der Waals surface area contributed by atoms with Crippen LogP contribution in [0.4, 0.5) is 9.39 Å². The number of halogens is 2. The molecule has 0 unspecified atom stereocenters. The van der Waals surface area contributed by atoms with Gasteiger partial charge in [-0.25, -0.2) is 9.18 Å². The van der Waals surface area contributed by atoms with E-state index in [1.165, 1.54) is 36.5 Å². The first kappa shape index (κ1) is 25.4. The number of amides is 1. The topological polar surface area (TPSA) is 90.7 Å². The van der Waals surface area contributed by atoms with Crippen LogP contribution in [0, 0.1) is 19.7 Å². The average Bonchev–Trinajstić information content (AvgIpc) is 3.38. The molecule has 1 N–H and O–H groups in total. The molecule has 0 aliphatic rings. The van der Waals surface area contributed by atoms with Crippen LogP contribution in [0.25, 0.3) is 22.4 Å². The predicted molar refractivity (Wildman–Crippen MR) is 137 cm³/mol. The summed E-state index contributed by atoms with van der Waals surface area (Å²) in [5, 5.41) is 7.03. The minimum atomic E-state index is -0.647. The van der Waals surface area contributed by atoms with Crippen molar-refractivity contribution in [3.05, 3.63) is 75.1 Å². The molecule has 4 aromatic rings. The third-order valence-electron chi connectivity index (χ3n) is 5.46. The number of carbonyl (C=O) groups excluding carboxylic acids is 2. The van der Waals surface area contributed by atoms with E-state index in [2.05, 4.69) is 10.5 Å². The van der Waals surface area contributed by atoms with Gasteiger partial charge < -0.3 is 19.3 Å². The maximum Gasteiger partial charge on any atom is 0.341 e. The lowest BCUT2D eigenvalue weighted by Gasteiger charge is -2.10. The summed E-state index contributed by atoms with van der Waals surface area (Å²) >= 11 is 7.43. The van der Waals surface area contributed by atoms with Crippen LogP contribution < -0.4 is 10.1 Å². The summed E-state index contributed by atoms with van der Waals surface area (Å²) in [6.07, 6.45) is 0. The quantitative estimate of drug-likeness (QED) is 0.262.